The van der Waals surface area contributed by atoms with Gasteiger partial charge in [0.05, 0.1) is 11.7 Å². The molecule has 1 fully saturated rings. The zero-order valence-corrected chi connectivity index (χ0v) is 10.2. The molecule has 2 rings (SSSR count). The Labute approximate surface area is 98.0 Å². The van der Waals surface area contributed by atoms with Gasteiger partial charge in [0.15, 0.2) is 0 Å². The summed E-state index contributed by atoms with van der Waals surface area (Å²) in [6.45, 7) is 2.97. The van der Waals surface area contributed by atoms with Crippen LogP contribution >= 0.6 is 0 Å². The molecule has 3 nitrogen and oxygen atoms in total. The van der Waals surface area contributed by atoms with Crippen LogP contribution in [0, 0.1) is 5.92 Å². The minimum absolute atomic E-state index is 0.590. The molecule has 0 spiro atoms. The lowest BCUT2D eigenvalue weighted by atomic mass is 10.0. The Bertz CT molecular complexity index is 309. The van der Waals surface area contributed by atoms with E-state index in [2.05, 4.69) is 29.0 Å². The predicted molar refractivity (Wildman–Crippen MR) is 66.3 cm³/mol. The van der Waals surface area contributed by atoms with Crippen molar-refractivity contribution >= 4 is 0 Å². The number of hydrogen-bond acceptors (Lipinski definition) is 2. The molecule has 1 aromatic heterocycles. The Morgan fingerprint density at radius 1 is 1.50 bits per heavy atom. The third kappa shape index (κ3) is 2.64. The summed E-state index contributed by atoms with van der Waals surface area (Å²) < 4.78 is 2.17. The molecule has 90 valence electrons. The molecule has 0 bridgehead atoms. The summed E-state index contributed by atoms with van der Waals surface area (Å²) in [6.07, 6.45) is 9.65. The molecule has 3 heteroatoms. The summed E-state index contributed by atoms with van der Waals surface area (Å²) in [5.41, 5.74) is 6.94. The van der Waals surface area contributed by atoms with Crippen LogP contribution in [0.3, 0.4) is 0 Å². The first-order chi connectivity index (χ1) is 7.83. The normalized spacial score (nSPS) is 19.1. The molecule has 1 saturated carbocycles. The van der Waals surface area contributed by atoms with Gasteiger partial charge in [0.25, 0.3) is 0 Å². The van der Waals surface area contributed by atoms with Crippen LogP contribution in [0.15, 0.2) is 12.3 Å². The van der Waals surface area contributed by atoms with Crippen LogP contribution in [0.5, 0.6) is 0 Å². The molecule has 1 aromatic rings. The minimum Gasteiger partial charge on any atom is -0.330 e. The Kier molecular flexibility index (Phi) is 3.99. The fourth-order valence-electron chi connectivity index (χ4n) is 2.55. The van der Waals surface area contributed by atoms with E-state index in [4.69, 9.17) is 5.73 Å². The second-order valence-electron chi connectivity index (χ2n) is 4.94. The van der Waals surface area contributed by atoms with E-state index < -0.39 is 0 Å². The molecule has 0 aromatic carbocycles. The Hall–Kier alpha value is -0.830. The molecule has 0 amide bonds. The predicted octanol–water partition coefficient (Wildman–Crippen LogP) is 2.53. The largest absolute Gasteiger partial charge is 0.330 e. The molecule has 1 heterocycles. The van der Waals surface area contributed by atoms with E-state index in [1.165, 1.54) is 31.4 Å². The van der Waals surface area contributed by atoms with E-state index in [1.54, 1.807) is 0 Å². The molecular weight excluding hydrogens is 198 g/mol. The SMILES string of the molecule is CCC(CN)Cc1ccn(C2CCCC2)n1. The van der Waals surface area contributed by atoms with Gasteiger partial charge < -0.3 is 5.73 Å². The zero-order valence-electron chi connectivity index (χ0n) is 10.2. The fourth-order valence-corrected chi connectivity index (χ4v) is 2.55. The lowest BCUT2D eigenvalue weighted by Gasteiger charge is -2.11. The molecule has 1 aliphatic rings. The van der Waals surface area contributed by atoms with Gasteiger partial charge in [-0.15, -0.1) is 0 Å². The molecule has 0 radical (unpaired) electrons. The summed E-state index contributed by atoms with van der Waals surface area (Å²) in [6, 6.07) is 2.82. The summed E-state index contributed by atoms with van der Waals surface area (Å²) in [4.78, 5) is 0. The number of rotatable bonds is 5. The first-order valence-electron chi connectivity index (χ1n) is 6.57. The highest BCUT2D eigenvalue weighted by Crippen LogP contribution is 2.28. The lowest BCUT2D eigenvalue weighted by molar-refractivity contribution is 0.452. The monoisotopic (exact) mass is 221 g/mol. The maximum Gasteiger partial charge on any atom is 0.0627 e. The van der Waals surface area contributed by atoms with Crippen molar-refractivity contribution in [1.82, 2.24) is 9.78 Å². The molecule has 0 aliphatic heterocycles. The molecule has 1 aliphatic carbocycles. The van der Waals surface area contributed by atoms with E-state index in [1.807, 2.05) is 0 Å². The van der Waals surface area contributed by atoms with E-state index in [-0.39, 0.29) is 0 Å². The van der Waals surface area contributed by atoms with E-state index >= 15 is 0 Å². The van der Waals surface area contributed by atoms with Crippen LogP contribution in [0.2, 0.25) is 0 Å². The maximum absolute atomic E-state index is 5.73. The topological polar surface area (TPSA) is 43.8 Å². The molecule has 0 saturated heterocycles. The van der Waals surface area contributed by atoms with Gasteiger partial charge in [-0.25, -0.2) is 0 Å². The van der Waals surface area contributed by atoms with E-state index in [0.29, 0.717) is 12.0 Å². The van der Waals surface area contributed by atoms with Gasteiger partial charge in [-0.2, -0.15) is 5.10 Å². The van der Waals surface area contributed by atoms with Crippen LogP contribution < -0.4 is 5.73 Å². The maximum atomic E-state index is 5.73. The average molecular weight is 221 g/mol. The Balaban J connectivity index is 1.96. The van der Waals surface area contributed by atoms with Crippen molar-refractivity contribution in [3.05, 3.63) is 18.0 Å². The van der Waals surface area contributed by atoms with Crippen molar-refractivity contribution in [3.63, 3.8) is 0 Å². The van der Waals surface area contributed by atoms with Crippen molar-refractivity contribution in [3.8, 4) is 0 Å². The highest BCUT2D eigenvalue weighted by atomic mass is 15.3. The van der Waals surface area contributed by atoms with Crippen LogP contribution in [0.4, 0.5) is 0 Å². The molecule has 1 unspecified atom stereocenters. The molecule has 16 heavy (non-hydrogen) atoms. The Morgan fingerprint density at radius 2 is 2.25 bits per heavy atom. The van der Waals surface area contributed by atoms with E-state index in [0.717, 1.165) is 19.4 Å². The van der Waals surface area contributed by atoms with Crippen LogP contribution in [0.25, 0.3) is 0 Å². The van der Waals surface area contributed by atoms with Gasteiger partial charge in [0.1, 0.15) is 0 Å². The highest BCUT2D eigenvalue weighted by Gasteiger charge is 2.17. The summed E-state index contributed by atoms with van der Waals surface area (Å²) >= 11 is 0. The van der Waals surface area contributed by atoms with Gasteiger partial charge in [0.2, 0.25) is 0 Å². The number of hydrogen-bond donors (Lipinski definition) is 1. The molecule has 1 atom stereocenters. The Morgan fingerprint density at radius 3 is 2.88 bits per heavy atom. The van der Waals surface area contributed by atoms with Crippen LogP contribution in [-0.2, 0) is 6.42 Å². The quantitative estimate of drug-likeness (QED) is 0.830. The van der Waals surface area contributed by atoms with Gasteiger partial charge in [-0.05, 0) is 37.8 Å². The molecular formula is C13H23N3. The second-order valence-corrected chi connectivity index (χ2v) is 4.94. The fraction of sp³-hybridized carbons (Fsp3) is 0.769. The number of aromatic nitrogens is 2. The van der Waals surface area contributed by atoms with Crippen molar-refractivity contribution in [2.24, 2.45) is 11.7 Å². The third-order valence-electron chi connectivity index (χ3n) is 3.77. The van der Waals surface area contributed by atoms with Crippen LogP contribution in [-0.4, -0.2) is 16.3 Å². The summed E-state index contributed by atoms with van der Waals surface area (Å²) in [5.74, 6) is 0.590. The van der Waals surface area contributed by atoms with Gasteiger partial charge in [-0.3, -0.25) is 4.68 Å². The van der Waals surface area contributed by atoms with Crippen molar-refractivity contribution in [1.29, 1.82) is 0 Å². The average Bonchev–Trinajstić information content (AvgIpc) is 2.96. The first-order valence-corrected chi connectivity index (χ1v) is 6.57. The van der Waals surface area contributed by atoms with Crippen molar-refractivity contribution < 1.29 is 0 Å². The van der Waals surface area contributed by atoms with Crippen LogP contribution in [0.1, 0.15) is 50.8 Å². The summed E-state index contributed by atoms with van der Waals surface area (Å²) in [7, 11) is 0. The standard InChI is InChI=1S/C13H23N3/c1-2-11(10-14)9-12-7-8-16(15-12)13-5-3-4-6-13/h7-8,11,13H,2-6,9-10,14H2,1H3. The van der Waals surface area contributed by atoms with Crippen molar-refractivity contribution in [2.45, 2.75) is 51.5 Å². The molecule has 2 N–H and O–H groups in total. The number of nitrogens with zero attached hydrogens (tertiary/aromatic N) is 2. The van der Waals surface area contributed by atoms with Gasteiger partial charge in [0, 0.05) is 6.20 Å². The van der Waals surface area contributed by atoms with Gasteiger partial charge in [-0.1, -0.05) is 26.2 Å². The highest BCUT2D eigenvalue weighted by molar-refractivity contribution is 5.01. The second kappa shape index (κ2) is 5.48. The smallest absolute Gasteiger partial charge is 0.0627 e. The summed E-state index contributed by atoms with van der Waals surface area (Å²) in [5, 5.41) is 4.69. The van der Waals surface area contributed by atoms with Gasteiger partial charge >= 0.3 is 0 Å². The lowest BCUT2D eigenvalue weighted by Crippen LogP contribution is -2.16. The minimum atomic E-state index is 0.590. The zero-order chi connectivity index (χ0) is 11.4. The van der Waals surface area contributed by atoms with E-state index in [9.17, 15) is 0 Å². The number of nitrogens with two attached hydrogens (primary N) is 1. The third-order valence-corrected chi connectivity index (χ3v) is 3.77. The first kappa shape index (κ1) is 11.6. The van der Waals surface area contributed by atoms with Crippen molar-refractivity contribution in [2.75, 3.05) is 6.54 Å².